The molecule has 14 heavy (non-hydrogen) atoms. The molecule has 0 saturated heterocycles. The van der Waals surface area contributed by atoms with Gasteiger partial charge in [0.1, 0.15) is 0 Å². The van der Waals surface area contributed by atoms with Crippen molar-refractivity contribution in [1.82, 2.24) is 0 Å². The first kappa shape index (κ1) is 10.0. The largest absolute Gasteiger partial charge is 0.364 e. The number of nitrogens with zero attached hydrogens (tertiary/aromatic N) is 2. The van der Waals surface area contributed by atoms with Gasteiger partial charge in [-0.15, -0.1) is 5.11 Å². The predicted octanol–water partition coefficient (Wildman–Crippen LogP) is 2.22. The Hall–Kier alpha value is -2.04. The number of rotatable bonds is 1. The molecule has 0 radical (unpaired) electrons. The van der Waals surface area contributed by atoms with Gasteiger partial charge < -0.3 is 5.32 Å². The summed E-state index contributed by atoms with van der Waals surface area (Å²) in [6.45, 7) is 1.22. The van der Waals surface area contributed by atoms with Gasteiger partial charge in [-0.25, -0.2) is 4.79 Å². The summed E-state index contributed by atoms with van der Waals surface area (Å²) in [6, 6.07) is 8.14. The Balaban J connectivity index is 2.54. The van der Waals surface area contributed by atoms with Crippen molar-refractivity contribution in [3.8, 4) is 0 Å². The molecule has 0 bridgehead atoms. The van der Waals surface area contributed by atoms with Crippen LogP contribution in [-0.2, 0) is 4.79 Å². The van der Waals surface area contributed by atoms with E-state index in [-0.39, 0.29) is 0 Å². The van der Waals surface area contributed by atoms with E-state index in [9.17, 15) is 9.59 Å². The molecule has 0 aliphatic carbocycles. The minimum Gasteiger partial charge on any atom is -0.305 e. The fourth-order valence-electron chi connectivity index (χ4n) is 0.786. The van der Waals surface area contributed by atoms with Crippen LogP contribution in [0.3, 0.4) is 0 Å². The number of amides is 3. The molecular weight excluding hydrogens is 182 g/mol. The Kier molecular flexibility index (Phi) is 3.49. The summed E-state index contributed by atoms with van der Waals surface area (Å²) >= 11 is 0. The van der Waals surface area contributed by atoms with Crippen molar-refractivity contribution in [3.63, 3.8) is 0 Å². The van der Waals surface area contributed by atoms with Gasteiger partial charge in [0, 0.05) is 12.6 Å². The number of hydrogen-bond donors (Lipinski definition) is 1. The summed E-state index contributed by atoms with van der Waals surface area (Å²) in [5.41, 5.74) is 0.611. The maximum Gasteiger partial charge on any atom is 0.364 e. The first-order chi connectivity index (χ1) is 6.68. The van der Waals surface area contributed by atoms with Gasteiger partial charge in [0.15, 0.2) is 0 Å². The van der Waals surface area contributed by atoms with Crippen LogP contribution in [0.15, 0.2) is 40.6 Å². The summed E-state index contributed by atoms with van der Waals surface area (Å²) in [5.74, 6) is -0.506. The lowest BCUT2D eigenvalue weighted by molar-refractivity contribution is -0.116. The fraction of sp³-hybridized carbons (Fsp3) is 0.111. The number of carbonyl (C=O) groups excluding carboxylic acids is 2. The van der Waals surface area contributed by atoms with E-state index < -0.39 is 11.9 Å². The van der Waals surface area contributed by atoms with E-state index in [1.807, 2.05) is 6.07 Å². The first-order valence-corrected chi connectivity index (χ1v) is 3.97. The molecule has 3 amide bonds. The van der Waals surface area contributed by atoms with E-state index in [2.05, 4.69) is 15.5 Å². The zero-order valence-electron chi connectivity index (χ0n) is 7.60. The number of carbonyl (C=O) groups is 2. The van der Waals surface area contributed by atoms with E-state index in [0.29, 0.717) is 5.69 Å². The molecule has 0 aliphatic heterocycles. The highest BCUT2D eigenvalue weighted by atomic mass is 16.2. The first-order valence-electron chi connectivity index (χ1n) is 3.97. The third-order valence-corrected chi connectivity index (χ3v) is 1.31. The Bertz CT molecular complexity index is 360. The molecule has 1 aromatic carbocycles. The molecule has 5 nitrogen and oxygen atoms in total. The average molecular weight is 191 g/mol. The number of para-hydroxylation sites is 1. The second kappa shape index (κ2) is 4.86. The van der Waals surface area contributed by atoms with Gasteiger partial charge in [-0.2, -0.15) is 0 Å². The molecule has 0 fully saturated rings. The standard InChI is InChI=1S/C9H9N3O2/c1-7(13)11-12-9(14)10-8-5-3-2-4-6-8/h2-6H,1H3,(H,10,14). The van der Waals surface area contributed by atoms with Gasteiger partial charge in [0.2, 0.25) is 0 Å². The van der Waals surface area contributed by atoms with E-state index in [1.54, 1.807) is 24.3 Å². The topological polar surface area (TPSA) is 70.9 Å². The predicted molar refractivity (Wildman–Crippen MR) is 51.0 cm³/mol. The van der Waals surface area contributed by atoms with E-state index in [1.165, 1.54) is 6.92 Å². The minimum absolute atomic E-state index is 0.506. The Morgan fingerprint density at radius 2 is 1.79 bits per heavy atom. The number of hydrogen-bond acceptors (Lipinski definition) is 2. The number of urea groups is 1. The van der Waals surface area contributed by atoms with Crippen molar-refractivity contribution in [2.75, 3.05) is 5.32 Å². The smallest absolute Gasteiger partial charge is 0.305 e. The maximum atomic E-state index is 11.0. The van der Waals surface area contributed by atoms with Gasteiger partial charge in [0.25, 0.3) is 5.91 Å². The van der Waals surface area contributed by atoms with Crippen LogP contribution in [0.2, 0.25) is 0 Å². The van der Waals surface area contributed by atoms with Crippen LogP contribution in [0.25, 0.3) is 0 Å². The van der Waals surface area contributed by atoms with E-state index in [4.69, 9.17) is 0 Å². The lowest BCUT2D eigenvalue weighted by Crippen LogP contribution is -2.05. The highest BCUT2D eigenvalue weighted by molar-refractivity contribution is 5.90. The van der Waals surface area contributed by atoms with E-state index in [0.717, 1.165) is 0 Å². The zero-order valence-corrected chi connectivity index (χ0v) is 7.60. The van der Waals surface area contributed by atoms with Crippen LogP contribution in [0, 0.1) is 0 Å². The molecule has 5 heteroatoms. The molecule has 0 aromatic heterocycles. The molecule has 0 heterocycles. The number of benzene rings is 1. The molecule has 0 atom stereocenters. The fourth-order valence-corrected chi connectivity index (χ4v) is 0.786. The molecule has 1 N–H and O–H groups in total. The summed E-state index contributed by atoms with van der Waals surface area (Å²) in [6.07, 6.45) is 0. The monoisotopic (exact) mass is 191 g/mol. The molecule has 1 rings (SSSR count). The molecule has 0 spiro atoms. The Morgan fingerprint density at radius 1 is 1.14 bits per heavy atom. The van der Waals surface area contributed by atoms with Gasteiger partial charge in [0.05, 0.1) is 0 Å². The minimum atomic E-state index is -0.661. The summed E-state index contributed by atoms with van der Waals surface area (Å²) in [5, 5.41) is 8.68. The third kappa shape index (κ3) is 3.57. The maximum absolute atomic E-state index is 11.0. The molecule has 0 saturated carbocycles. The zero-order chi connectivity index (χ0) is 10.4. The highest BCUT2D eigenvalue weighted by Crippen LogP contribution is 2.04. The number of nitrogens with one attached hydrogen (secondary N) is 1. The summed E-state index contributed by atoms with van der Waals surface area (Å²) < 4.78 is 0. The van der Waals surface area contributed by atoms with Crippen LogP contribution >= 0.6 is 0 Å². The average Bonchev–Trinajstić information content (AvgIpc) is 2.16. The van der Waals surface area contributed by atoms with Gasteiger partial charge in [-0.1, -0.05) is 23.3 Å². The van der Waals surface area contributed by atoms with Gasteiger partial charge >= 0.3 is 6.03 Å². The molecule has 1 aromatic rings. The van der Waals surface area contributed by atoms with Crippen LogP contribution in [0.1, 0.15) is 6.92 Å². The van der Waals surface area contributed by atoms with Crippen LogP contribution in [-0.4, -0.2) is 11.9 Å². The van der Waals surface area contributed by atoms with Gasteiger partial charge in [-0.3, -0.25) is 4.79 Å². The number of azo groups is 1. The van der Waals surface area contributed by atoms with Crippen molar-refractivity contribution in [1.29, 1.82) is 0 Å². The summed E-state index contributed by atoms with van der Waals surface area (Å²) in [4.78, 5) is 21.4. The van der Waals surface area contributed by atoms with Crippen molar-refractivity contribution < 1.29 is 9.59 Å². The summed E-state index contributed by atoms with van der Waals surface area (Å²) in [7, 11) is 0. The normalized spacial score (nSPS) is 10.1. The number of anilines is 1. The van der Waals surface area contributed by atoms with Gasteiger partial charge in [-0.05, 0) is 12.1 Å². The molecule has 0 unspecified atom stereocenters. The van der Waals surface area contributed by atoms with Crippen LogP contribution in [0.5, 0.6) is 0 Å². The SMILES string of the molecule is CC(=O)N=NC(=O)Nc1ccccc1. The second-order valence-corrected chi connectivity index (χ2v) is 2.52. The molecular formula is C9H9N3O2. The lowest BCUT2D eigenvalue weighted by Gasteiger charge is -1.98. The molecule has 0 aliphatic rings. The van der Waals surface area contributed by atoms with Crippen LogP contribution < -0.4 is 5.32 Å². The van der Waals surface area contributed by atoms with E-state index >= 15 is 0 Å². The van der Waals surface area contributed by atoms with Crippen molar-refractivity contribution in [2.24, 2.45) is 10.2 Å². The van der Waals surface area contributed by atoms with Crippen molar-refractivity contribution in [2.45, 2.75) is 6.92 Å². The van der Waals surface area contributed by atoms with Crippen LogP contribution in [0.4, 0.5) is 10.5 Å². The quantitative estimate of drug-likeness (QED) is 0.691. The molecule has 72 valence electrons. The lowest BCUT2D eigenvalue weighted by atomic mass is 10.3. The Morgan fingerprint density at radius 3 is 2.36 bits per heavy atom. The Labute approximate surface area is 80.8 Å². The third-order valence-electron chi connectivity index (χ3n) is 1.31. The van der Waals surface area contributed by atoms with Crippen molar-refractivity contribution in [3.05, 3.63) is 30.3 Å². The van der Waals surface area contributed by atoms with Crippen molar-refractivity contribution >= 4 is 17.6 Å². The highest BCUT2D eigenvalue weighted by Gasteiger charge is 1.98. The second-order valence-electron chi connectivity index (χ2n) is 2.52.